The van der Waals surface area contributed by atoms with Gasteiger partial charge in [-0.15, -0.1) is 0 Å². The molecule has 2 saturated heterocycles. The van der Waals surface area contributed by atoms with Crippen molar-refractivity contribution in [1.29, 1.82) is 0 Å². The molecule has 1 atom stereocenters. The maximum Gasteiger partial charge on any atom is 0.225 e. The van der Waals surface area contributed by atoms with Crippen LogP contribution in [0.3, 0.4) is 0 Å². The molecule has 6 nitrogen and oxygen atoms in total. The van der Waals surface area contributed by atoms with Crippen LogP contribution >= 0.6 is 0 Å². The van der Waals surface area contributed by atoms with Crippen molar-refractivity contribution in [2.24, 2.45) is 0 Å². The van der Waals surface area contributed by atoms with Crippen LogP contribution < -0.4 is 4.90 Å². The summed E-state index contributed by atoms with van der Waals surface area (Å²) in [7, 11) is 0. The standard InChI is InChI=1S/C16H27N5O/c1-2-19-8-3-5-16(22,13-19)14-20-9-11-21(12-10-20)15-17-6-4-7-18-15/h4,6-7,22H,2-3,5,8-14H2,1H3/t16-/m1/s1. The normalized spacial score (nSPS) is 28.0. The number of likely N-dealkylation sites (tertiary alicyclic amines) is 1. The molecule has 22 heavy (non-hydrogen) atoms. The quantitative estimate of drug-likeness (QED) is 0.871. The molecule has 0 bridgehead atoms. The first-order chi connectivity index (χ1) is 10.7. The number of nitrogens with zero attached hydrogens (tertiary/aromatic N) is 5. The van der Waals surface area contributed by atoms with E-state index in [2.05, 4.69) is 31.6 Å². The van der Waals surface area contributed by atoms with Crippen LogP contribution in [0.1, 0.15) is 19.8 Å². The first-order valence-electron chi connectivity index (χ1n) is 8.38. The predicted molar refractivity (Wildman–Crippen MR) is 87.0 cm³/mol. The second-order valence-corrected chi connectivity index (χ2v) is 6.51. The average molecular weight is 305 g/mol. The fourth-order valence-electron chi connectivity index (χ4n) is 3.58. The molecule has 2 aliphatic rings. The number of aromatic nitrogens is 2. The Kier molecular flexibility index (Phi) is 4.90. The van der Waals surface area contributed by atoms with Crippen molar-refractivity contribution in [3.8, 4) is 0 Å². The third kappa shape index (κ3) is 3.74. The second-order valence-electron chi connectivity index (χ2n) is 6.51. The number of anilines is 1. The van der Waals surface area contributed by atoms with Gasteiger partial charge in [-0.05, 0) is 32.0 Å². The van der Waals surface area contributed by atoms with Gasteiger partial charge in [0.1, 0.15) is 0 Å². The molecule has 2 aliphatic heterocycles. The maximum atomic E-state index is 10.9. The van der Waals surface area contributed by atoms with Gasteiger partial charge in [0.2, 0.25) is 5.95 Å². The van der Waals surface area contributed by atoms with Gasteiger partial charge < -0.3 is 14.9 Å². The van der Waals surface area contributed by atoms with Gasteiger partial charge in [-0.1, -0.05) is 6.92 Å². The van der Waals surface area contributed by atoms with Crippen molar-refractivity contribution >= 4 is 5.95 Å². The molecule has 0 aliphatic carbocycles. The first-order valence-corrected chi connectivity index (χ1v) is 8.38. The van der Waals surface area contributed by atoms with Gasteiger partial charge >= 0.3 is 0 Å². The number of likely N-dealkylation sites (N-methyl/N-ethyl adjacent to an activating group) is 1. The summed E-state index contributed by atoms with van der Waals surface area (Å²) < 4.78 is 0. The number of piperidine rings is 1. The predicted octanol–water partition coefficient (Wildman–Crippen LogP) is 0.445. The van der Waals surface area contributed by atoms with Gasteiger partial charge in [-0.3, -0.25) is 4.90 Å². The lowest BCUT2D eigenvalue weighted by Crippen LogP contribution is -2.57. The van der Waals surface area contributed by atoms with E-state index in [9.17, 15) is 5.11 Å². The zero-order valence-electron chi connectivity index (χ0n) is 13.5. The van der Waals surface area contributed by atoms with E-state index < -0.39 is 5.60 Å². The van der Waals surface area contributed by atoms with Crippen molar-refractivity contribution < 1.29 is 5.11 Å². The minimum Gasteiger partial charge on any atom is -0.387 e. The summed E-state index contributed by atoms with van der Waals surface area (Å²) in [6.07, 6.45) is 5.60. The van der Waals surface area contributed by atoms with E-state index in [0.717, 1.165) is 71.1 Å². The molecule has 2 fully saturated rings. The molecule has 0 radical (unpaired) electrons. The maximum absolute atomic E-state index is 10.9. The molecule has 122 valence electrons. The van der Waals surface area contributed by atoms with E-state index in [4.69, 9.17) is 0 Å². The summed E-state index contributed by atoms with van der Waals surface area (Å²) in [5.74, 6) is 0.815. The number of hydrogen-bond donors (Lipinski definition) is 1. The minimum atomic E-state index is -0.542. The van der Waals surface area contributed by atoms with Gasteiger partial charge in [0, 0.05) is 51.7 Å². The van der Waals surface area contributed by atoms with Crippen molar-refractivity contribution in [2.75, 3.05) is 57.3 Å². The SMILES string of the molecule is CCN1CCC[C@](O)(CN2CCN(c3ncccn3)CC2)C1. The number of rotatable bonds is 4. The summed E-state index contributed by atoms with van der Waals surface area (Å²) in [5.41, 5.74) is -0.542. The molecular weight excluding hydrogens is 278 g/mol. The summed E-state index contributed by atoms with van der Waals surface area (Å²) in [6.45, 7) is 9.71. The van der Waals surface area contributed by atoms with Crippen LogP contribution in [0.25, 0.3) is 0 Å². The Morgan fingerprint density at radius 3 is 2.50 bits per heavy atom. The van der Waals surface area contributed by atoms with Crippen LogP contribution in [0.4, 0.5) is 5.95 Å². The Hall–Kier alpha value is -1.24. The van der Waals surface area contributed by atoms with Crippen LogP contribution in [0.5, 0.6) is 0 Å². The monoisotopic (exact) mass is 305 g/mol. The smallest absolute Gasteiger partial charge is 0.225 e. The molecule has 0 saturated carbocycles. The average Bonchev–Trinajstić information content (AvgIpc) is 2.56. The zero-order valence-corrected chi connectivity index (χ0v) is 13.5. The van der Waals surface area contributed by atoms with Crippen LogP contribution in [-0.2, 0) is 0 Å². The lowest BCUT2D eigenvalue weighted by atomic mass is 9.92. The third-order valence-corrected chi connectivity index (χ3v) is 4.81. The number of piperazine rings is 1. The lowest BCUT2D eigenvalue weighted by Gasteiger charge is -2.43. The van der Waals surface area contributed by atoms with Crippen LogP contribution in [0.2, 0.25) is 0 Å². The van der Waals surface area contributed by atoms with E-state index >= 15 is 0 Å². The molecule has 3 rings (SSSR count). The van der Waals surface area contributed by atoms with Gasteiger partial charge in [0.25, 0.3) is 0 Å². The number of hydrogen-bond acceptors (Lipinski definition) is 6. The second kappa shape index (κ2) is 6.89. The Balaban J connectivity index is 1.51. The highest BCUT2D eigenvalue weighted by atomic mass is 16.3. The molecule has 0 amide bonds. The summed E-state index contributed by atoms with van der Waals surface area (Å²) in [4.78, 5) is 15.6. The van der Waals surface area contributed by atoms with E-state index in [1.165, 1.54) is 0 Å². The molecule has 3 heterocycles. The Morgan fingerprint density at radius 1 is 1.09 bits per heavy atom. The molecular formula is C16H27N5O. The van der Waals surface area contributed by atoms with Crippen molar-refractivity contribution in [2.45, 2.75) is 25.4 Å². The highest BCUT2D eigenvalue weighted by Gasteiger charge is 2.35. The Morgan fingerprint density at radius 2 is 1.82 bits per heavy atom. The van der Waals surface area contributed by atoms with Gasteiger partial charge in [-0.25, -0.2) is 9.97 Å². The van der Waals surface area contributed by atoms with Gasteiger partial charge in [0.05, 0.1) is 5.60 Å². The van der Waals surface area contributed by atoms with Crippen molar-refractivity contribution in [1.82, 2.24) is 19.8 Å². The topological polar surface area (TPSA) is 55.7 Å². The van der Waals surface area contributed by atoms with Crippen LogP contribution in [0, 0.1) is 0 Å². The van der Waals surface area contributed by atoms with Crippen LogP contribution in [-0.4, -0.2) is 82.8 Å². The molecule has 0 unspecified atom stereocenters. The van der Waals surface area contributed by atoms with E-state index in [0.29, 0.717) is 0 Å². The number of β-amino-alcohol motifs (C(OH)–C–C–N with tert-alkyl or cyclic N) is 1. The molecule has 1 aromatic rings. The largest absolute Gasteiger partial charge is 0.387 e. The highest BCUT2D eigenvalue weighted by Crippen LogP contribution is 2.23. The first kappa shape index (κ1) is 15.6. The highest BCUT2D eigenvalue weighted by molar-refractivity contribution is 5.29. The van der Waals surface area contributed by atoms with Crippen LogP contribution in [0.15, 0.2) is 18.5 Å². The van der Waals surface area contributed by atoms with E-state index in [1.54, 1.807) is 12.4 Å². The summed E-state index contributed by atoms with van der Waals surface area (Å²) >= 11 is 0. The van der Waals surface area contributed by atoms with E-state index in [-0.39, 0.29) is 0 Å². The van der Waals surface area contributed by atoms with Gasteiger partial charge in [0.15, 0.2) is 0 Å². The molecule has 1 N–H and O–H groups in total. The molecule has 6 heteroatoms. The summed E-state index contributed by atoms with van der Waals surface area (Å²) in [5, 5.41) is 10.9. The zero-order chi connectivity index (χ0) is 15.4. The van der Waals surface area contributed by atoms with Crippen molar-refractivity contribution in [3.63, 3.8) is 0 Å². The van der Waals surface area contributed by atoms with Gasteiger partial charge in [-0.2, -0.15) is 0 Å². The van der Waals surface area contributed by atoms with E-state index in [1.807, 2.05) is 6.07 Å². The summed E-state index contributed by atoms with van der Waals surface area (Å²) in [6, 6.07) is 1.85. The molecule has 1 aromatic heterocycles. The fraction of sp³-hybridized carbons (Fsp3) is 0.750. The molecule has 0 spiro atoms. The minimum absolute atomic E-state index is 0.542. The fourth-order valence-corrected chi connectivity index (χ4v) is 3.58. The Labute approximate surface area is 132 Å². The Bertz CT molecular complexity index is 463. The third-order valence-electron chi connectivity index (χ3n) is 4.81. The van der Waals surface area contributed by atoms with Crippen molar-refractivity contribution in [3.05, 3.63) is 18.5 Å². The molecule has 0 aromatic carbocycles. The number of aliphatic hydroxyl groups is 1. The lowest BCUT2D eigenvalue weighted by molar-refractivity contribution is -0.0528.